The first-order valence-electron chi connectivity index (χ1n) is 12.5. The molecule has 204 valence electrons. The Labute approximate surface area is 237 Å². The van der Waals surface area contributed by atoms with E-state index in [1.54, 1.807) is 42.5 Å². The smallest absolute Gasteiger partial charge is 0.241 e. The molecule has 4 aromatic rings. The SMILES string of the molecule is COc1c(Cl)c(CC(NS(=O)(=O)c2ccccc2)c2ccc(C)cc2)c(OC)c2c1C(=O)c1ccccc1C2=O. The van der Waals surface area contributed by atoms with Gasteiger partial charge in [0.2, 0.25) is 10.0 Å². The van der Waals surface area contributed by atoms with Gasteiger partial charge in [0.15, 0.2) is 11.6 Å². The van der Waals surface area contributed by atoms with Crippen LogP contribution in [0, 0.1) is 6.92 Å². The lowest BCUT2D eigenvalue weighted by Crippen LogP contribution is -2.31. The molecule has 0 aliphatic heterocycles. The molecule has 0 saturated heterocycles. The van der Waals surface area contributed by atoms with Gasteiger partial charge in [-0.3, -0.25) is 9.59 Å². The van der Waals surface area contributed by atoms with E-state index in [1.165, 1.54) is 26.4 Å². The normalized spacial score (nSPS) is 13.4. The number of methoxy groups -OCH3 is 2. The molecule has 0 heterocycles. The number of benzene rings is 4. The highest BCUT2D eigenvalue weighted by atomic mass is 35.5. The van der Waals surface area contributed by atoms with Crippen molar-refractivity contribution in [3.63, 3.8) is 0 Å². The first-order chi connectivity index (χ1) is 19.2. The van der Waals surface area contributed by atoms with Crippen molar-refractivity contribution < 1.29 is 27.5 Å². The molecule has 1 atom stereocenters. The third-order valence-corrected chi connectivity index (χ3v) is 8.85. The van der Waals surface area contributed by atoms with Crippen molar-refractivity contribution in [1.82, 2.24) is 4.72 Å². The second kappa shape index (κ2) is 10.9. The lowest BCUT2D eigenvalue weighted by Gasteiger charge is -2.27. The average molecular weight is 576 g/mol. The summed E-state index contributed by atoms with van der Waals surface area (Å²) in [7, 11) is -1.20. The first kappa shape index (κ1) is 27.6. The van der Waals surface area contributed by atoms with Gasteiger partial charge in [-0.1, -0.05) is 83.9 Å². The van der Waals surface area contributed by atoms with Crippen molar-refractivity contribution in [2.45, 2.75) is 24.3 Å². The van der Waals surface area contributed by atoms with Gasteiger partial charge >= 0.3 is 0 Å². The number of rotatable bonds is 8. The Morgan fingerprint density at radius 2 is 1.30 bits per heavy atom. The maximum atomic E-state index is 13.7. The van der Waals surface area contributed by atoms with E-state index in [2.05, 4.69) is 4.72 Å². The van der Waals surface area contributed by atoms with E-state index in [1.807, 2.05) is 31.2 Å². The van der Waals surface area contributed by atoms with E-state index in [9.17, 15) is 18.0 Å². The van der Waals surface area contributed by atoms with Gasteiger partial charge in [0, 0.05) is 16.7 Å². The van der Waals surface area contributed by atoms with E-state index in [-0.39, 0.29) is 50.1 Å². The van der Waals surface area contributed by atoms with Gasteiger partial charge in [-0.2, -0.15) is 0 Å². The zero-order valence-corrected chi connectivity index (χ0v) is 23.6. The minimum Gasteiger partial charge on any atom is -0.496 e. The molecule has 1 aliphatic rings. The monoisotopic (exact) mass is 575 g/mol. The number of halogens is 1. The van der Waals surface area contributed by atoms with Crippen LogP contribution in [-0.2, 0) is 16.4 Å². The van der Waals surface area contributed by atoms with Gasteiger partial charge in [0.25, 0.3) is 0 Å². The fourth-order valence-electron chi connectivity index (χ4n) is 4.99. The summed E-state index contributed by atoms with van der Waals surface area (Å²) in [5.41, 5.74) is 2.56. The quantitative estimate of drug-likeness (QED) is 0.255. The van der Waals surface area contributed by atoms with E-state index < -0.39 is 27.6 Å². The Hall–Kier alpha value is -3.98. The number of ether oxygens (including phenoxy) is 2. The molecule has 7 nitrogen and oxygen atoms in total. The van der Waals surface area contributed by atoms with E-state index in [0.29, 0.717) is 11.1 Å². The summed E-state index contributed by atoms with van der Waals surface area (Å²) in [6.45, 7) is 1.93. The number of hydrogen-bond donors (Lipinski definition) is 1. The summed E-state index contributed by atoms with van der Waals surface area (Å²) in [6.07, 6.45) is 0.00386. The molecular formula is C31H26ClNO6S. The van der Waals surface area contributed by atoms with Crippen LogP contribution in [0.5, 0.6) is 11.5 Å². The summed E-state index contributed by atoms with van der Waals surface area (Å²) in [5, 5.41) is 0.0645. The maximum Gasteiger partial charge on any atom is 0.241 e. The van der Waals surface area contributed by atoms with Crippen LogP contribution in [0.25, 0.3) is 0 Å². The van der Waals surface area contributed by atoms with Crippen molar-refractivity contribution in [3.05, 3.63) is 123 Å². The fourth-order valence-corrected chi connectivity index (χ4v) is 6.57. The first-order valence-corrected chi connectivity index (χ1v) is 14.3. The Balaban J connectivity index is 1.69. The van der Waals surface area contributed by atoms with Gasteiger partial charge < -0.3 is 9.47 Å². The van der Waals surface area contributed by atoms with Crippen molar-refractivity contribution in [1.29, 1.82) is 0 Å². The molecule has 0 bridgehead atoms. The number of carbonyl (C=O) groups is 2. The van der Waals surface area contributed by atoms with Crippen LogP contribution in [0.4, 0.5) is 0 Å². The Morgan fingerprint density at radius 1 is 0.775 bits per heavy atom. The summed E-state index contributed by atoms with van der Waals surface area (Å²) < 4.78 is 40.9. The Morgan fingerprint density at radius 3 is 1.85 bits per heavy atom. The van der Waals surface area contributed by atoms with Gasteiger partial charge in [-0.15, -0.1) is 0 Å². The van der Waals surface area contributed by atoms with Crippen LogP contribution in [-0.4, -0.2) is 34.2 Å². The molecule has 0 aromatic heterocycles. The molecule has 1 unspecified atom stereocenters. The zero-order chi connectivity index (χ0) is 28.6. The predicted molar refractivity (Wildman–Crippen MR) is 152 cm³/mol. The molecule has 0 saturated carbocycles. The molecule has 0 fully saturated rings. The summed E-state index contributed by atoms with van der Waals surface area (Å²) in [6, 6.07) is 21.2. The Kier molecular flexibility index (Phi) is 7.51. The number of sulfonamides is 1. The number of hydrogen-bond acceptors (Lipinski definition) is 6. The van der Waals surface area contributed by atoms with Crippen molar-refractivity contribution in [2.24, 2.45) is 0 Å². The number of nitrogens with one attached hydrogen (secondary N) is 1. The van der Waals surface area contributed by atoms with E-state index >= 15 is 0 Å². The second-order valence-electron chi connectivity index (χ2n) is 9.41. The number of aryl methyl sites for hydroxylation is 1. The summed E-state index contributed by atoms with van der Waals surface area (Å²) in [5.74, 6) is -0.678. The molecular weight excluding hydrogens is 550 g/mol. The van der Waals surface area contributed by atoms with Crippen molar-refractivity contribution >= 4 is 33.2 Å². The predicted octanol–water partition coefficient (Wildman–Crippen LogP) is 5.70. The topological polar surface area (TPSA) is 98.8 Å². The lowest BCUT2D eigenvalue weighted by molar-refractivity contribution is 0.0973. The number of ketones is 2. The average Bonchev–Trinajstić information content (AvgIpc) is 2.96. The third-order valence-electron chi connectivity index (χ3n) is 6.96. The van der Waals surface area contributed by atoms with Crippen LogP contribution >= 0.6 is 11.6 Å². The number of fused-ring (bicyclic) bond motifs is 2. The van der Waals surface area contributed by atoms with Crippen molar-refractivity contribution in [2.75, 3.05) is 14.2 Å². The molecule has 0 radical (unpaired) electrons. The minimum absolute atomic E-state index is 0.00386. The molecule has 0 amide bonds. The number of carbonyl (C=O) groups excluding carboxylic acids is 2. The Bertz CT molecular complexity index is 1730. The highest BCUT2D eigenvalue weighted by Crippen LogP contribution is 2.47. The van der Waals surface area contributed by atoms with Crippen LogP contribution in [0.1, 0.15) is 54.6 Å². The van der Waals surface area contributed by atoms with Gasteiger partial charge in [-0.05, 0) is 31.0 Å². The molecule has 0 spiro atoms. The molecule has 4 aromatic carbocycles. The van der Waals surface area contributed by atoms with E-state index in [4.69, 9.17) is 21.1 Å². The van der Waals surface area contributed by atoms with Gasteiger partial charge in [0.05, 0.1) is 41.3 Å². The highest BCUT2D eigenvalue weighted by molar-refractivity contribution is 7.89. The molecule has 9 heteroatoms. The summed E-state index contributed by atoms with van der Waals surface area (Å²) >= 11 is 6.87. The van der Waals surface area contributed by atoms with Crippen LogP contribution in [0.2, 0.25) is 5.02 Å². The fraction of sp³-hybridized carbons (Fsp3) is 0.161. The second-order valence-corrected chi connectivity index (χ2v) is 11.5. The van der Waals surface area contributed by atoms with Crippen molar-refractivity contribution in [3.8, 4) is 11.5 Å². The van der Waals surface area contributed by atoms with E-state index in [0.717, 1.165) is 5.56 Å². The summed E-state index contributed by atoms with van der Waals surface area (Å²) in [4.78, 5) is 27.4. The zero-order valence-electron chi connectivity index (χ0n) is 22.0. The maximum absolute atomic E-state index is 13.7. The molecule has 1 N–H and O–H groups in total. The lowest BCUT2D eigenvalue weighted by atomic mass is 9.81. The van der Waals surface area contributed by atoms with Crippen LogP contribution < -0.4 is 14.2 Å². The van der Waals surface area contributed by atoms with Crippen LogP contribution in [0.15, 0.2) is 83.8 Å². The third kappa shape index (κ3) is 4.79. The highest BCUT2D eigenvalue weighted by Gasteiger charge is 2.39. The molecule has 5 rings (SSSR count). The van der Waals surface area contributed by atoms with Crippen LogP contribution in [0.3, 0.4) is 0 Å². The van der Waals surface area contributed by atoms with Gasteiger partial charge in [-0.25, -0.2) is 13.1 Å². The largest absolute Gasteiger partial charge is 0.496 e. The standard InChI is InChI=1S/C31H26ClNO6S/c1-18-13-15-19(16-14-18)24(33-40(36,37)20-9-5-4-6-10-20)17-23-27(32)31(39-3)26-25(30(23)38-2)28(34)21-11-7-8-12-22(21)29(26)35/h4-16,24,33H,17H2,1-3H3. The molecule has 40 heavy (non-hydrogen) atoms. The molecule has 1 aliphatic carbocycles. The minimum atomic E-state index is -3.95. The van der Waals surface area contributed by atoms with Gasteiger partial charge in [0.1, 0.15) is 11.5 Å².